The van der Waals surface area contributed by atoms with Crippen molar-refractivity contribution in [3.05, 3.63) is 61.6 Å². The number of hydrogen-bond donors (Lipinski definition) is 0. The molecule has 0 atom stereocenters. The van der Waals surface area contributed by atoms with Crippen molar-refractivity contribution in [3.8, 4) is 11.5 Å². The number of unbranched alkanes of at least 4 members (excludes halogenated alkanes) is 1. The lowest BCUT2D eigenvalue weighted by Gasteiger charge is -2.13. The smallest absolute Gasteiger partial charge is 0.343 e. The molecular formula is C23H23BrClN3O5. The molecule has 0 N–H and O–H groups in total. The van der Waals surface area contributed by atoms with E-state index in [1.807, 2.05) is 6.07 Å². The lowest BCUT2D eigenvalue weighted by atomic mass is 10.2. The van der Waals surface area contributed by atoms with Gasteiger partial charge in [-0.2, -0.15) is 9.78 Å². The van der Waals surface area contributed by atoms with E-state index < -0.39 is 5.97 Å². The Morgan fingerprint density at radius 1 is 1.27 bits per heavy atom. The molecule has 0 aliphatic heterocycles. The molecule has 0 unspecified atom stereocenters. The quantitative estimate of drug-likeness (QED) is 0.293. The number of aryl methyl sites for hydroxylation is 1. The second kappa shape index (κ2) is 11.3. The molecule has 33 heavy (non-hydrogen) atoms. The van der Waals surface area contributed by atoms with Gasteiger partial charge >= 0.3 is 5.97 Å². The minimum Gasteiger partial charge on any atom is -0.493 e. The summed E-state index contributed by atoms with van der Waals surface area (Å²) in [5, 5.41) is 5.23. The van der Waals surface area contributed by atoms with Gasteiger partial charge in [-0.25, -0.2) is 9.78 Å². The summed E-state index contributed by atoms with van der Waals surface area (Å²) in [5.41, 5.74) is 0.730. The maximum Gasteiger partial charge on any atom is 0.343 e. The van der Waals surface area contributed by atoms with Gasteiger partial charge < -0.3 is 14.2 Å². The summed E-state index contributed by atoms with van der Waals surface area (Å²) in [6.45, 7) is 1.73. The third-order valence-corrected chi connectivity index (χ3v) is 5.48. The number of fused-ring (bicyclic) bond motifs is 1. The number of carbonyl (C=O) groups is 1. The van der Waals surface area contributed by atoms with Crippen LogP contribution in [0, 0.1) is 0 Å². The van der Waals surface area contributed by atoms with Crippen molar-refractivity contribution in [2.75, 3.05) is 20.8 Å². The van der Waals surface area contributed by atoms with E-state index in [0.717, 1.165) is 17.3 Å². The van der Waals surface area contributed by atoms with Crippen LogP contribution in [-0.2, 0) is 16.0 Å². The number of benzene rings is 2. The molecule has 0 radical (unpaired) electrons. The third-order valence-electron chi connectivity index (χ3n) is 4.77. The predicted octanol–water partition coefficient (Wildman–Crippen LogP) is 4.60. The standard InChI is InChI=1S/C23H23BrClN3O5/c1-4-5-6-20-27-18-8-7-15(24)10-17(18)23(30)28(20)26-12-14-9-16(25)11-19(31-2)22(14)33-13-21(29)32-3/h7-12H,4-6,13H2,1-3H3. The Labute approximate surface area is 204 Å². The largest absolute Gasteiger partial charge is 0.493 e. The average Bonchev–Trinajstić information content (AvgIpc) is 2.81. The number of halogens is 2. The first-order valence-electron chi connectivity index (χ1n) is 10.2. The van der Waals surface area contributed by atoms with Crippen molar-refractivity contribution in [3.63, 3.8) is 0 Å². The van der Waals surface area contributed by atoms with E-state index in [2.05, 4.69) is 37.7 Å². The van der Waals surface area contributed by atoms with Gasteiger partial charge in [0.15, 0.2) is 18.1 Å². The minimum absolute atomic E-state index is 0.246. The Hall–Kier alpha value is -2.91. The first-order valence-corrected chi connectivity index (χ1v) is 11.4. The Balaban J connectivity index is 2.12. The number of ether oxygens (including phenoxy) is 3. The van der Waals surface area contributed by atoms with E-state index in [1.54, 1.807) is 24.3 Å². The molecule has 1 heterocycles. The molecule has 0 bridgehead atoms. The van der Waals surface area contributed by atoms with Gasteiger partial charge in [-0.05, 0) is 30.7 Å². The average molecular weight is 537 g/mol. The van der Waals surface area contributed by atoms with E-state index in [9.17, 15) is 9.59 Å². The molecule has 0 fully saturated rings. The number of carbonyl (C=O) groups excluding carboxylic acids is 1. The van der Waals surface area contributed by atoms with Crippen LogP contribution in [0.1, 0.15) is 31.2 Å². The highest BCUT2D eigenvalue weighted by Crippen LogP contribution is 2.34. The maximum absolute atomic E-state index is 13.3. The normalized spacial score (nSPS) is 11.2. The van der Waals surface area contributed by atoms with Crippen molar-refractivity contribution >= 4 is 50.6 Å². The van der Waals surface area contributed by atoms with Crippen LogP contribution in [0.15, 0.2) is 44.7 Å². The fourth-order valence-electron chi connectivity index (χ4n) is 3.11. The van der Waals surface area contributed by atoms with Gasteiger partial charge in [-0.3, -0.25) is 4.79 Å². The fraction of sp³-hybridized carbons (Fsp3) is 0.304. The van der Waals surface area contributed by atoms with Crippen LogP contribution in [0.25, 0.3) is 10.9 Å². The molecule has 0 amide bonds. The van der Waals surface area contributed by atoms with E-state index in [4.69, 9.17) is 21.1 Å². The molecule has 8 nitrogen and oxygen atoms in total. The monoisotopic (exact) mass is 535 g/mol. The Morgan fingerprint density at radius 2 is 2.06 bits per heavy atom. The van der Waals surface area contributed by atoms with Crippen LogP contribution in [0.3, 0.4) is 0 Å². The summed E-state index contributed by atoms with van der Waals surface area (Å²) >= 11 is 9.62. The van der Waals surface area contributed by atoms with Crippen LogP contribution in [-0.4, -0.2) is 42.7 Å². The van der Waals surface area contributed by atoms with E-state index in [0.29, 0.717) is 39.5 Å². The summed E-state index contributed by atoms with van der Waals surface area (Å²) in [6, 6.07) is 8.51. The van der Waals surface area contributed by atoms with Gasteiger partial charge in [-0.15, -0.1) is 0 Å². The molecule has 0 saturated carbocycles. The van der Waals surface area contributed by atoms with Gasteiger partial charge in [0.05, 0.1) is 31.3 Å². The summed E-state index contributed by atoms with van der Waals surface area (Å²) in [6.07, 6.45) is 3.81. The summed E-state index contributed by atoms with van der Waals surface area (Å²) < 4.78 is 17.6. The summed E-state index contributed by atoms with van der Waals surface area (Å²) in [4.78, 5) is 29.5. The van der Waals surface area contributed by atoms with Crippen molar-refractivity contribution < 1.29 is 19.0 Å². The molecule has 10 heteroatoms. The molecule has 3 aromatic rings. The van der Waals surface area contributed by atoms with Gasteiger partial charge in [0.2, 0.25) is 0 Å². The lowest BCUT2D eigenvalue weighted by Crippen LogP contribution is -2.22. The topological polar surface area (TPSA) is 92.0 Å². The van der Waals surface area contributed by atoms with Crippen LogP contribution >= 0.6 is 27.5 Å². The first kappa shape index (κ1) is 24.7. The van der Waals surface area contributed by atoms with Crippen LogP contribution in [0.5, 0.6) is 11.5 Å². The number of hydrogen-bond acceptors (Lipinski definition) is 7. The van der Waals surface area contributed by atoms with Crippen LogP contribution in [0.2, 0.25) is 5.02 Å². The zero-order valence-electron chi connectivity index (χ0n) is 18.4. The SMILES string of the molecule is CCCCc1nc2ccc(Br)cc2c(=O)n1N=Cc1cc(Cl)cc(OC)c1OCC(=O)OC. The van der Waals surface area contributed by atoms with Crippen molar-refractivity contribution in [1.82, 2.24) is 9.66 Å². The second-order valence-electron chi connectivity index (χ2n) is 7.05. The zero-order valence-corrected chi connectivity index (χ0v) is 20.8. The van der Waals surface area contributed by atoms with Crippen LogP contribution in [0.4, 0.5) is 0 Å². The molecule has 2 aromatic carbocycles. The molecule has 0 saturated heterocycles. The highest BCUT2D eigenvalue weighted by atomic mass is 79.9. The molecule has 0 aliphatic carbocycles. The van der Waals surface area contributed by atoms with Gasteiger partial charge in [-0.1, -0.05) is 40.9 Å². The molecule has 174 valence electrons. The summed E-state index contributed by atoms with van der Waals surface area (Å²) in [5.74, 6) is 0.541. The van der Waals surface area contributed by atoms with E-state index in [-0.39, 0.29) is 17.9 Å². The van der Waals surface area contributed by atoms with E-state index in [1.165, 1.54) is 25.1 Å². The molecule has 0 spiro atoms. The van der Waals surface area contributed by atoms with Gasteiger partial charge in [0.1, 0.15) is 5.82 Å². The highest BCUT2D eigenvalue weighted by Gasteiger charge is 2.15. The Kier molecular flexibility index (Phi) is 8.46. The van der Waals surface area contributed by atoms with E-state index >= 15 is 0 Å². The molecule has 3 rings (SSSR count). The third kappa shape index (κ3) is 5.91. The number of rotatable bonds is 9. The fourth-order valence-corrected chi connectivity index (χ4v) is 3.69. The Morgan fingerprint density at radius 3 is 2.76 bits per heavy atom. The Bertz CT molecular complexity index is 1260. The molecular weight excluding hydrogens is 514 g/mol. The molecule has 0 aliphatic rings. The number of nitrogens with zero attached hydrogens (tertiary/aromatic N) is 3. The van der Waals surface area contributed by atoms with Crippen LogP contribution < -0.4 is 15.0 Å². The van der Waals surface area contributed by atoms with Gasteiger partial charge in [0, 0.05) is 27.5 Å². The predicted molar refractivity (Wildman–Crippen MR) is 131 cm³/mol. The first-order chi connectivity index (χ1) is 15.9. The minimum atomic E-state index is -0.558. The second-order valence-corrected chi connectivity index (χ2v) is 8.40. The maximum atomic E-state index is 13.3. The van der Waals surface area contributed by atoms with Gasteiger partial charge in [0.25, 0.3) is 5.56 Å². The summed E-state index contributed by atoms with van der Waals surface area (Å²) in [7, 11) is 2.72. The number of aromatic nitrogens is 2. The number of esters is 1. The lowest BCUT2D eigenvalue weighted by molar-refractivity contribution is -0.142. The molecule has 1 aromatic heterocycles. The zero-order chi connectivity index (χ0) is 24.0. The van der Waals surface area contributed by atoms with Crippen molar-refractivity contribution in [1.29, 1.82) is 0 Å². The van der Waals surface area contributed by atoms with Crippen molar-refractivity contribution in [2.24, 2.45) is 5.10 Å². The number of methoxy groups -OCH3 is 2. The highest BCUT2D eigenvalue weighted by molar-refractivity contribution is 9.10. The van der Waals surface area contributed by atoms with Crippen molar-refractivity contribution in [2.45, 2.75) is 26.2 Å².